The van der Waals surface area contributed by atoms with Gasteiger partial charge in [-0.3, -0.25) is 4.68 Å². The Kier molecular flexibility index (Phi) is 3.22. The lowest BCUT2D eigenvalue weighted by molar-refractivity contribution is 0.249. The van der Waals surface area contributed by atoms with Gasteiger partial charge < -0.3 is 5.73 Å². The highest BCUT2D eigenvalue weighted by molar-refractivity contribution is 5.80. The van der Waals surface area contributed by atoms with Crippen LogP contribution in [0.1, 0.15) is 25.5 Å². The lowest BCUT2D eigenvalue weighted by Crippen LogP contribution is -2.24. The first-order valence-corrected chi connectivity index (χ1v) is 4.22. The van der Waals surface area contributed by atoms with Crippen LogP contribution in [0.4, 0.5) is 4.79 Å². The summed E-state index contributed by atoms with van der Waals surface area (Å²) in [6.45, 7) is 4.05. The van der Waals surface area contributed by atoms with Crippen molar-refractivity contribution in [1.82, 2.24) is 15.2 Å². The number of urea groups is 1. The third-order valence-electron chi connectivity index (χ3n) is 1.54. The van der Waals surface area contributed by atoms with Crippen molar-refractivity contribution in [2.24, 2.45) is 10.8 Å². The third kappa shape index (κ3) is 2.89. The van der Waals surface area contributed by atoms with Gasteiger partial charge in [0.2, 0.25) is 0 Å². The smallest absolute Gasteiger partial charge is 0.332 e. The second kappa shape index (κ2) is 4.40. The Labute approximate surface area is 81.8 Å². The Morgan fingerprint density at radius 3 is 3.00 bits per heavy atom. The van der Waals surface area contributed by atoms with Crippen LogP contribution in [0.3, 0.4) is 0 Å². The largest absolute Gasteiger partial charge is 0.350 e. The number of hydrazone groups is 1. The van der Waals surface area contributed by atoms with Crippen molar-refractivity contribution in [2.45, 2.75) is 19.9 Å². The molecule has 76 valence electrons. The van der Waals surface area contributed by atoms with Crippen LogP contribution in [0.15, 0.2) is 17.5 Å². The Bertz CT molecular complexity index is 341. The monoisotopic (exact) mass is 195 g/mol. The molecule has 0 aliphatic carbocycles. The molecule has 0 spiro atoms. The van der Waals surface area contributed by atoms with E-state index in [9.17, 15) is 4.79 Å². The average Bonchev–Trinajstić information content (AvgIpc) is 2.52. The summed E-state index contributed by atoms with van der Waals surface area (Å²) in [7, 11) is 0. The molecule has 14 heavy (non-hydrogen) atoms. The Morgan fingerprint density at radius 2 is 2.50 bits per heavy atom. The summed E-state index contributed by atoms with van der Waals surface area (Å²) in [6.07, 6.45) is 4.97. The summed E-state index contributed by atoms with van der Waals surface area (Å²) in [6, 6.07) is -0.376. The van der Waals surface area contributed by atoms with E-state index in [2.05, 4.69) is 15.6 Å². The number of hydrogen-bond donors (Lipinski definition) is 2. The first-order chi connectivity index (χ1) is 6.59. The van der Waals surface area contributed by atoms with Crippen LogP contribution >= 0.6 is 0 Å². The number of aromatic nitrogens is 2. The van der Waals surface area contributed by atoms with E-state index in [-0.39, 0.29) is 0 Å². The maximum atomic E-state index is 10.3. The summed E-state index contributed by atoms with van der Waals surface area (Å²) >= 11 is 0. The minimum Gasteiger partial charge on any atom is -0.350 e. The Morgan fingerprint density at radius 1 is 1.79 bits per heavy atom. The number of nitrogens with two attached hydrogens (primary N) is 1. The zero-order valence-electron chi connectivity index (χ0n) is 8.14. The fourth-order valence-electron chi connectivity index (χ4n) is 0.872. The standard InChI is InChI=1S/C8H13N5O/c1-6(2)13-5-7(4-11-13)3-10-12-8(9)14/h3-6H,1-2H3,(H3,9,12,14)/b10-3+. The molecular formula is C8H13N5O. The van der Waals surface area contributed by atoms with Crippen molar-refractivity contribution >= 4 is 12.2 Å². The molecule has 0 bridgehead atoms. The molecule has 0 unspecified atom stereocenters. The molecule has 0 aliphatic heterocycles. The van der Waals surface area contributed by atoms with Gasteiger partial charge in [0, 0.05) is 17.8 Å². The second-order valence-electron chi connectivity index (χ2n) is 3.08. The number of rotatable bonds is 3. The molecule has 6 heteroatoms. The Balaban J connectivity index is 2.59. The number of primary amides is 1. The number of carbonyl (C=O) groups is 1. The molecule has 0 saturated carbocycles. The molecule has 0 aliphatic rings. The highest BCUT2D eigenvalue weighted by Crippen LogP contribution is 2.02. The van der Waals surface area contributed by atoms with E-state index in [1.807, 2.05) is 20.0 Å². The molecule has 0 fully saturated rings. The predicted octanol–water partition coefficient (Wildman–Crippen LogP) is 0.466. The molecule has 0 saturated heterocycles. The molecule has 3 N–H and O–H groups in total. The van der Waals surface area contributed by atoms with Crippen LogP contribution in [-0.2, 0) is 0 Å². The van der Waals surface area contributed by atoms with Crippen molar-refractivity contribution in [1.29, 1.82) is 0 Å². The van der Waals surface area contributed by atoms with E-state index >= 15 is 0 Å². The minimum atomic E-state index is -0.683. The van der Waals surface area contributed by atoms with E-state index in [1.54, 1.807) is 10.9 Å². The molecule has 1 aromatic heterocycles. The first-order valence-electron chi connectivity index (χ1n) is 4.22. The van der Waals surface area contributed by atoms with Gasteiger partial charge in [-0.15, -0.1) is 0 Å². The SMILES string of the molecule is CC(C)n1cc(/C=N/NC(N)=O)cn1. The number of amides is 2. The van der Waals surface area contributed by atoms with Gasteiger partial charge in [0.1, 0.15) is 0 Å². The maximum Gasteiger partial charge on any atom is 0.332 e. The number of hydrogen-bond acceptors (Lipinski definition) is 3. The van der Waals surface area contributed by atoms with E-state index < -0.39 is 6.03 Å². The summed E-state index contributed by atoms with van der Waals surface area (Å²) < 4.78 is 1.80. The molecule has 6 nitrogen and oxygen atoms in total. The fourth-order valence-corrected chi connectivity index (χ4v) is 0.872. The highest BCUT2D eigenvalue weighted by Gasteiger charge is 1.98. The number of nitrogens with one attached hydrogen (secondary N) is 1. The van der Waals surface area contributed by atoms with Crippen LogP contribution in [0.5, 0.6) is 0 Å². The van der Waals surface area contributed by atoms with Gasteiger partial charge in [0.15, 0.2) is 0 Å². The molecule has 0 radical (unpaired) electrons. The fraction of sp³-hybridized carbons (Fsp3) is 0.375. The van der Waals surface area contributed by atoms with Crippen LogP contribution < -0.4 is 11.2 Å². The number of carbonyl (C=O) groups excluding carboxylic acids is 1. The summed E-state index contributed by atoms with van der Waals surface area (Å²) in [5.74, 6) is 0. The normalized spacial score (nSPS) is 11.1. The van der Waals surface area contributed by atoms with Crippen molar-refractivity contribution in [3.63, 3.8) is 0 Å². The lowest BCUT2D eigenvalue weighted by Gasteiger charge is -2.02. The minimum absolute atomic E-state index is 0.307. The van der Waals surface area contributed by atoms with E-state index in [0.29, 0.717) is 6.04 Å². The maximum absolute atomic E-state index is 10.3. The molecule has 1 heterocycles. The Hall–Kier alpha value is -1.85. The van der Waals surface area contributed by atoms with Gasteiger partial charge in [-0.2, -0.15) is 10.2 Å². The van der Waals surface area contributed by atoms with Gasteiger partial charge in [0.05, 0.1) is 12.4 Å². The quantitative estimate of drug-likeness (QED) is 0.542. The third-order valence-corrected chi connectivity index (χ3v) is 1.54. The summed E-state index contributed by atoms with van der Waals surface area (Å²) in [5.41, 5.74) is 7.74. The van der Waals surface area contributed by atoms with Crippen molar-refractivity contribution in [2.75, 3.05) is 0 Å². The highest BCUT2D eigenvalue weighted by atomic mass is 16.2. The van der Waals surface area contributed by atoms with Gasteiger partial charge in [-0.25, -0.2) is 10.2 Å². The van der Waals surface area contributed by atoms with Crippen molar-refractivity contribution in [3.8, 4) is 0 Å². The van der Waals surface area contributed by atoms with Crippen LogP contribution in [-0.4, -0.2) is 22.0 Å². The van der Waals surface area contributed by atoms with Gasteiger partial charge in [-0.05, 0) is 13.8 Å². The topological polar surface area (TPSA) is 85.3 Å². The van der Waals surface area contributed by atoms with Crippen molar-refractivity contribution in [3.05, 3.63) is 18.0 Å². The van der Waals surface area contributed by atoms with Crippen LogP contribution in [0, 0.1) is 0 Å². The van der Waals surface area contributed by atoms with Crippen LogP contribution in [0.2, 0.25) is 0 Å². The number of nitrogens with zero attached hydrogens (tertiary/aromatic N) is 3. The van der Waals surface area contributed by atoms with E-state index in [1.165, 1.54) is 6.21 Å². The second-order valence-corrected chi connectivity index (χ2v) is 3.08. The molecule has 1 aromatic rings. The molecule has 2 amide bonds. The van der Waals surface area contributed by atoms with Gasteiger partial charge in [0.25, 0.3) is 0 Å². The summed E-state index contributed by atoms with van der Waals surface area (Å²) in [5, 5.41) is 7.71. The van der Waals surface area contributed by atoms with E-state index in [0.717, 1.165) is 5.56 Å². The van der Waals surface area contributed by atoms with Gasteiger partial charge >= 0.3 is 6.03 Å². The zero-order chi connectivity index (χ0) is 10.6. The molecule has 1 rings (SSSR count). The predicted molar refractivity (Wildman–Crippen MR) is 52.9 cm³/mol. The van der Waals surface area contributed by atoms with Gasteiger partial charge in [-0.1, -0.05) is 0 Å². The molecule has 0 atom stereocenters. The molecular weight excluding hydrogens is 182 g/mol. The average molecular weight is 195 g/mol. The lowest BCUT2D eigenvalue weighted by atomic mass is 10.4. The van der Waals surface area contributed by atoms with Crippen molar-refractivity contribution < 1.29 is 4.79 Å². The molecule has 0 aromatic carbocycles. The van der Waals surface area contributed by atoms with Crippen LogP contribution in [0.25, 0.3) is 0 Å². The zero-order valence-corrected chi connectivity index (χ0v) is 8.14. The van der Waals surface area contributed by atoms with E-state index in [4.69, 9.17) is 5.73 Å². The summed E-state index contributed by atoms with van der Waals surface area (Å²) in [4.78, 5) is 10.3. The first kappa shape index (κ1) is 10.2.